The molecule has 0 saturated carbocycles. The number of benzene rings is 1. The monoisotopic (exact) mass is 256 g/mol. The predicted molar refractivity (Wildman–Crippen MR) is 64.4 cm³/mol. The molecular weight excluding hydrogens is 240 g/mol. The lowest BCUT2D eigenvalue weighted by Crippen LogP contribution is -1.98. The van der Waals surface area contributed by atoms with Gasteiger partial charge in [-0.1, -0.05) is 22.0 Å². The first-order valence-corrected chi connectivity index (χ1v) is 6.11. The fourth-order valence-electron chi connectivity index (χ4n) is 1.40. The van der Waals surface area contributed by atoms with Crippen LogP contribution in [-0.2, 0) is 0 Å². The van der Waals surface area contributed by atoms with Gasteiger partial charge in [0.15, 0.2) is 0 Å². The van der Waals surface area contributed by atoms with Crippen LogP contribution in [0, 0.1) is 13.8 Å². The Morgan fingerprint density at radius 3 is 2.29 bits per heavy atom. The molecule has 0 unspecified atom stereocenters. The molecule has 0 spiro atoms. The topological polar surface area (TPSA) is 9.23 Å². The molecule has 1 aromatic rings. The van der Waals surface area contributed by atoms with Crippen LogP contribution in [-0.4, -0.2) is 11.9 Å². The Labute approximate surface area is 94.6 Å². The van der Waals surface area contributed by atoms with Crippen LogP contribution in [0.25, 0.3) is 0 Å². The third kappa shape index (κ3) is 4.14. The molecule has 78 valence electrons. The van der Waals surface area contributed by atoms with Crippen molar-refractivity contribution < 1.29 is 4.74 Å². The summed E-state index contributed by atoms with van der Waals surface area (Å²) in [5, 5.41) is 1.06. The summed E-state index contributed by atoms with van der Waals surface area (Å²) in [5.41, 5.74) is 2.53. The van der Waals surface area contributed by atoms with E-state index in [9.17, 15) is 0 Å². The van der Waals surface area contributed by atoms with E-state index in [1.54, 1.807) is 0 Å². The molecule has 0 bridgehead atoms. The van der Waals surface area contributed by atoms with Crippen LogP contribution in [0.15, 0.2) is 18.2 Å². The lowest BCUT2D eigenvalue weighted by Gasteiger charge is -2.07. The zero-order valence-corrected chi connectivity index (χ0v) is 10.4. The Morgan fingerprint density at radius 2 is 1.71 bits per heavy atom. The van der Waals surface area contributed by atoms with E-state index >= 15 is 0 Å². The van der Waals surface area contributed by atoms with Crippen molar-refractivity contribution in [3.63, 3.8) is 0 Å². The number of rotatable bonds is 5. The summed E-state index contributed by atoms with van der Waals surface area (Å²) in [6, 6.07) is 6.33. The van der Waals surface area contributed by atoms with Crippen molar-refractivity contribution >= 4 is 15.9 Å². The highest BCUT2D eigenvalue weighted by molar-refractivity contribution is 9.09. The number of aryl methyl sites for hydroxylation is 2. The minimum Gasteiger partial charge on any atom is -0.494 e. The first-order valence-electron chi connectivity index (χ1n) is 4.99. The largest absolute Gasteiger partial charge is 0.494 e. The highest BCUT2D eigenvalue weighted by atomic mass is 79.9. The van der Waals surface area contributed by atoms with E-state index in [1.165, 1.54) is 17.5 Å². The Bertz CT molecular complexity index is 263. The molecule has 2 heteroatoms. The van der Waals surface area contributed by atoms with Crippen LogP contribution in [0.1, 0.15) is 24.0 Å². The van der Waals surface area contributed by atoms with Gasteiger partial charge in [-0.2, -0.15) is 0 Å². The van der Waals surface area contributed by atoms with Gasteiger partial charge in [-0.25, -0.2) is 0 Å². The van der Waals surface area contributed by atoms with Gasteiger partial charge in [-0.3, -0.25) is 0 Å². The molecule has 0 aliphatic rings. The number of hydrogen-bond donors (Lipinski definition) is 0. The van der Waals surface area contributed by atoms with Gasteiger partial charge in [0.1, 0.15) is 5.75 Å². The molecule has 0 aliphatic heterocycles. The Hall–Kier alpha value is -0.500. The van der Waals surface area contributed by atoms with Crippen molar-refractivity contribution in [1.82, 2.24) is 0 Å². The van der Waals surface area contributed by atoms with Crippen LogP contribution >= 0.6 is 15.9 Å². The van der Waals surface area contributed by atoms with E-state index in [4.69, 9.17) is 4.74 Å². The lowest BCUT2D eigenvalue weighted by molar-refractivity contribution is 0.309. The van der Waals surface area contributed by atoms with E-state index < -0.39 is 0 Å². The summed E-state index contributed by atoms with van der Waals surface area (Å²) in [6.45, 7) is 5.01. The average molecular weight is 257 g/mol. The summed E-state index contributed by atoms with van der Waals surface area (Å²) < 4.78 is 5.65. The second kappa shape index (κ2) is 6.07. The molecule has 0 saturated heterocycles. The van der Waals surface area contributed by atoms with E-state index in [0.29, 0.717) is 0 Å². The zero-order valence-electron chi connectivity index (χ0n) is 8.85. The number of ether oxygens (including phenoxy) is 1. The summed E-state index contributed by atoms with van der Waals surface area (Å²) in [7, 11) is 0. The molecule has 1 nitrogen and oxygen atoms in total. The van der Waals surface area contributed by atoms with Crippen molar-refractivity contribution in [2.75, 3.05) is 11.9 Å². The molecular formula is C12H17BrO. The van der Waals surface area contributed by atoms with Gasteiger partial charge in [0.2, 0.25) is 0 Å². The Kier molecular flexibility index (Phi) is 5.02. The fraction of sp³-hybridized carbons (Fsp3) is 0.500. The quantitative estimate of drug-likeness (QED) is 0.575. The van der Waals surface area contributed by atoms with Gasteiger partial charge >= 0.3 is 0 Å². The van der Waals surface area contributed by atoms with Gasteiger partial charge in [-0.15, -0.1) is 0 Å². The van der Waals surface area contributed by atoms with E-state index in [1.807, 2.05) is 0 Å². The maximum absolute atomic E-state index is 5.65. The molecule has 0 heterocycles. The van der Waals surface area contributed by atoms with Gasteiger partial charge in [0.25, 0.3) is 0 Å². The number of unbranched alkanes of at least 4 members (excludes halogenated alkanes) is 1. The second-order valence-corrected chi connectivity index (χ2v) is 4.36. The molecule has 0 atom stereocenters. The maximum atomic E-state index is 5.65. The summed E-state index contributed by atoms with van der Waals surface area (Å²) in [4.78, 5) is 0. The van der Waals surface area contributed by atoms with E-state index in [2.05, 4.69) is 48.0 Å². The van der Waals surface area contributed by atoms with Crippen molar-refractivity contribution in [3.8, 4) is 5.75 Å². The van der Waals surface area contributed by atoms with Crippen LogP contribution < -0.4 is 4.74 Å². The van der Waals surface area contributed by atoms with Gasteiger partial charge in [-0.05, 0) is 49.9 Å². The summed E-state index contributed by atoms with van der Waals surface area (Å²) >= 11 is 3.40. The predicted octanol–water partition coefficient (Wildman–Crippen LogP) is 3.86. The van der Waals surface area contributed by atoms with Crippen LogP contribution in [0.3, 0.4) is 0 Å². The van der Waals surface area contributed by atoms with E-state index in [0.717, 1.165) is 24.1 Å². The van der Waals surface area contributed by atoms with Gasteiger partial charge < -0.3 is 4.74 Å². The smallest absolute Gasteiger partial charge is 0.119 e. The van der Waals surface area contributed by atoms with Crippen molar-refractivity contribution in [3.05, 3.63) is 29.3 Å². The number of hydrogen-bond acceptors (Lipinski definition) is 1. The molecule has 0 amide bonds. The second-order valence-electron chi connectivity index (χ2n) is 3.57. The van der Waals surface area contributed by atoms with Gasteiger partial charge in [0, 0.05) is 5.33 Å². The SMILES string of the molecule is Cc1cc(C)cc(OCCCCBr)c1. The highest BCUT2D eigenvalue weighted by Crippen LogP contribution is 2.16. The normalized spacial score (nSPS) is 10.2. The molecule has 0 aromatic heterocycles. The van der Waals surface area contributed by atoms with Crippen molar-refractivity contribution in [2.24, 2.45) is 0 Å². The number of alkyl halides is 1. The average Bonchev–Trinajstić information content (AvgIpc) is 2.11. The van der Waals surface area contributed by atoms with Crippen LogP contribution in [0.2, 0.25) is 0 Å². The summed E-state index contributed by atoms with van der Waals surface area (Å²) in [6.07, 6.45) is 2.28. The van der Waals surface area contributed by atoms with Crippen molar-refractivity contribution in [1.29, 1.82) is 0 Å². The third-order valence-electron chi connectivity index (χ3n) is 1.99. The zero-order chi connectivity index (χ0) is 10.4. The van der Waals surface area contributed by atoms with Crippen molar-refractivity contribution in [2.45, 2.75) is 26.7 Å². The molecule has 1 aromatic carbocycles. The Balaban J connectivity index is 2.42. The minimum absolute atomic E-state index is 0.814. The molecule has 1 rings (SSSR count). The fourth-order valence-corrected chi connectivity index (χ4v) is 1.80. The molecule has 14 heavy (non-hydrogen) atoms. The highest BCUT2D eigenvalue weighted by Gasteiger charge is 1.96. The molecule has 0 aliphatic carbocycles. The first kappa shape index (κ1) is 11.6. The van der Waals surface area contributed by atoms with Crippen LogP contribution in [0.4, 0.5) is 0 Å². The standard InChI is InChI=1S/C12H17BrO/c1-10-7-11(2)9-12(8-10)14-6-4-3-5-13/h7-9H,3-6H2,1-2H3. The lowest BCUT2D eigenvalue weighted by atomic mass is 10.1. The first-order chi connectivity index (χ1) is 6.72. The Morgan fingerprint density at radius 1 is 1.07 bits per heavy atom. The third-order valence-corrected chi connectivity index (χ3v) is 2.55. The molecule has 0 N–H and O–H groups in total. The molecule has 0 fully saturated rings. The minimum atomic E-state index is 0.814. The maximum Gasteiger partial charge on any atom is 0.119 e. The molecule has 0 radical (unpaired) electrons. The van der Waals surface area contributed by atoms with E-state index in [-0.39, 0.29) is 0 Å². The number of halogens is 1. The van der Waals surface area contributed by atoms with Gasteiger partial charge in [0.05, 0.1) is 6.61 Å². The van der Waals surface area contributed by atoms with Crippen LogP contribution in [0.5, 0.6) is 5.75 Å². The summed E-state index contributed by atoms with van der Waals surface area (Å²) in [5.74, 6) is 0.997.